The van der Waals surface area contributed by atoms with Crippen molar-refractivity contribution in [1.29, 1.82) is 0 Å². The van der Waals surface area contributed by atoms with Crippen LogP contribution >= 0.6 is 0 Å². The maximum absolute atomic E-state index is 2.26. The minimum Gasteiger partial charge on any atom is -0.0841 e. The van der Waals surface area contributed by atoms with Crippen molar-refractivity contribution in [2.45, 2.75) is 40.5 Å². The number of allylic oxidation sites excluding steroid dienone is 8. The molecule has 0 aromatic rings. The number of hydrogen-bond donors (Lipinski definition) is 0. The van der Waals surface area contributed by atoms with Crippen molar-refractivity contribution in [3.63, 3.8) is 0 Å². The molecule has 0 bridgehead atoms. The lowest BCUT2D eigenvalue weighted by Crippen LogP contribution is -1.98. The molecular weight excluding hydrogens is 168 g/mol. The third-order valence-electron chi connectivity index (χ3n) is 2.88. The molecule has 0 N–H and O–H groups in total. The van der Waals surface area contributed by atoms with Gasteiger partial charge in [0.15, 0.2) is 0 Å². The Morgan fingerprint density at radius 2 is 2.00 bits per heavy atom. The van der Waals surface area contributed by atoms with E-state index in [4.69, 9.17) is 0 Å². The van der Waals surface area contributed by atoms with Crippen LogP contribution in [0.5, 0.6) is 0 Å². The highest BCUT2D eigenvalue weighted by Gasteiger charge is 2.10. The molecule has 0 aromatic carbocycles. The third-order valence-corrected chi connectivity index (χ3v) is 2.88. The minimum atomic E-state index is 1.18. The van der Waals surface area contributed by atoms with E-state index < -0.39 is 0 Å². The van der Waals surface area contributed by atoms with E-state index >= 15 is 0 Å². The molecule has 0 aliphatic heterocycles. The lowest BCUT2D eigenvalue weighted by molar-refractivity contribution is 0.947. The van der Waals surface area contributed by atoms with E-state index in [1.54, 1.807) is 0 Å². The fourth-order valence-electron chi connectivity index (χ4n) is 1.93. The molecule has 1 aliphatic carbocycles. The van der Waals surface area contributed by atoms with Gasteiger partial charge in [-0.25, -0.2) is 0 Å². The molecule has 0 saturated carbocycles. The van der Waals surface area contributed by atoms with E-state index in [9.17, 15) is 0 Å². The Hall–Kier alpha value is -1.04. The molecule has 0 unspecified atom stereocenters. The third kappa shape index (κ3) is 2.25. The van der Waals surface area contributed by atoms with Gasteiger partial charge in [0.1, 0.15) is 0 Å². The number of rotatable bonds is 2. The molecule has 0 heterocycles. The van der Waals surface area contributed by atoms with Gasteiger partial charge in [-0.05, 0) is 62.8 Å². The van der Waals surface area contributed by atoms with Crippen LogP contribution in [-0.2, 0) is 0 Å². The van der Waals surface area contributed by atoms with Crippen LogP contribution in [-0.4, -0.2) is 0 Å². The van der Waals surface area contributed by atoms with Crippen LogP contribution in [0.4, 0.5) is 0 Å². The van der Waals surface area contributed by atoms with Gasteiger partial charge < -0.3 is 0 Å². The molecule has 0 radical (unpaired) electrons. The average Bonchev–Trinajstić information content (AvgIpc) is 2.21. The second-order valence-electron chi connectivity index (χ2n) is 3.78. The average molecular weight is 188 g/mol. The van der Waals surface area contributed by atoms with Gasteiger partial charge >= 0.3 is 0 Å². The molecule has 0 spiro atoms. The maximum atomic E-state index is 2.26. The van der Waals surface area contributed by atoms with Crippen LogP contribution in [0, 0.1) is 0 Å². The highest BCUT2D eigenvalue weighted by molar-refractivity contribution is 5.50. The minimum absolute atomic E-state index is 1.18. The molecule has 76 valence electrons. The van der Waals surface area contributed by atoms with Crippen LogP contribution in [0.2, 0.25) is 0 Å². The quantitative estimate of drug-likeness (QED) is 0.557. The Morgan fingerprint density at radius 1 is 1.29 bits per heavy atom. The highest BCUT2D eigenvalue weighted by atomic mass is 14.1. The normalized spacial score (nSPS) is 19.1. The van der Waals surface area contributed by atoms with E-state index in [2.05, 4.69) is 52.0 Å². The zero-order chi connectivity index (χ0) is 10.6. The SMILES string of the molecule is C/C=C(C)\C(=C/C)C1=C(C)C=CCC1. The molecule has 0 fully saturated rings. The van der Waals surface area contributed by atoms with Crippen molar-refractivity contribution < 1.29 is 0 Å². The predicted molar refractivity (Wildman–Crippen MR) is 64.3 cm³/mol. The first kappa shape index (κ1) is 11.0. The first-order chi connectivity index (χ1) is 6.70. The van der Waals surface area contributed by atoms with Gasteiger partial charge in [-0.2, -0.15) is 0 Å². The molecule has 0 atom stereocenters. The van der Waals surface area contributed by atoms with Gasteiger partial charge in [0, 0.05) is 0 Å². The van der Waals surface area contributed by atoms with Crippen molar-refractivity contribution in [2.24, 2.45) is 0 Å². The van der Waals surface area contributed by atoms with Crippen molar-refractivity contribution in [3.8, 4) is 0 Å². The van der Waals surface area contributed by atoms with Crippen LogP contribution in [0.25, 0.3) is 0 Å². The standard InChI is InChI=1S/C14H20/c1-5-11(3)13(6-2)14-10-8-7-9-12(14)4/h5-7,9H,8,10H2,1-4H3/b11-5-,13-6+. The summed E-state index contributed by atoms with van der Waals surface area (Å²) in [4.78, 5) is 0. The molecule has 0 amide bonds. The fraction of sp³-hybridized carbons (Fsp3) is 0.429. The van der Waals surface area contributed by atoms with Gasteiger partial charge in [0.25, 0.3) is 0 Å². The van der Waals surface area contributed by atoms with Crippen molar-refractivity contribution >= 4 is 0 Å². The largest absolute Gasteiger partial charge is 0.0841 e. The summed E-state index contributed by atoms with van der Waals surface area (Å²) in [5.74, 6) is 0. The summed E-state index contributed by atoms with van der Waals surface area (Å²) in [6.07, 6.45) is 11.3. The summed E-state index contributed by atoms with van der Waals surface area (Å²) in [6.45, 7) is 8.62. The van der Waals surface area contributed by atoms with Gasteiger partial charge in [0.05, 0.1) is 0 Å². The van der Waals surface area contributed by atoms with Crippen molar-refractivity contribution in [3.05, 3.63) is 46.6 Å². The van der Waals surface area contributed by atoms with E-state index in [1.807, 2.05) is 0 Å². The topological polar surface area (TPSA) is 0 Å². The van der Waals surface area contributed by atoms with Crippen molar-refractivity contribution in [1.82, 2.24) is 0 Å². The highest BCUT2D eigenvalue weighted by Crippen LogP contribution is 2.29. The maximum Gasteiger partial charge on any atom is -0.0235 e. The zero-order valence-corrected chi connectivity index (χ0v) is 9.72. The van der Waals surface area contributed by atoms with Gasteiger partial charge in [-0.3, -0.25) is 0 Å². The Labute approximate surface area is 87.7 Å². The summed E-state index contributed by atoms with van der Waals surface area (Å²) in [6, 6.07) is 0. The second-order valence-corrected chi connectivity index (χ2v) is 3.78. The molecule has 0 aromatic heterocycles. The Bertz CT molecular complexity index is 322. The monoisotopic (exact) mass is 188 g/mol. The van der Waals surface area contributed by atoms with E-state index in [1.165, 1.54) is 35.1 Å². The molecule has 1 aliphatic rings. The lowest BCUT2D eigenvalue weighted by Gasteiger charge is -2.17. The number of hydrogen-bond acceptors (Lipinski definition) is 0. The smallest absolute Gasteiger partial charge is 0.0235 e. The Kier molecular flexibility index (Phi) is 3.94. The van der Waals surface area contributed by atoms with Crippen LogP contribution in [0.15, 0.2) is 46.6 Å². The molecule has 1 rings (SSSR count). The van der Waals surface area contributed by atoms with Gasteiger partial charge in [-0.1, -0.05) is 24.3 Å². The van der Waals surface area contributed by atoms with Gasteiger partial charge in [-0.15, -0.1) is 0 Å². The van der Waals surface area contributed by atoms with Crippen LogP contribution < -0.4 is 0 Å². The van der Waals surface area contributed by atoms with E-state index in [-0.39, 0.29) is 0 Å². The summed E-state index contributed by atoms with van der Waals surface area (Å²) in [5, 5.41) is 0. The molecular formula is C14H20. The summed E-state index contributed by atoms with van der Waals surface area (Å²) >= 11 is 0. The summed E-state index contributed by atoms with van der Waals surface area (Å²) in [7, 11) is 0. The fourth-order valence-corrected chi connectivity index (χ4v) is 1.93. The predicted octanol–water partition coefficient (Wildman–Crippen LogP) is 4.57. The van der Waals surface area contributed by atoms with Crippen LogP contribution in [0.3, 0.4) is 0 Å². The molecule has 0 saturated heterocycles. The molecule has 0 nitrogen and oxygen atoms in total. The first-order valence-electron chi connectivity index (χ1n) is 5.37. The van der Waals surface area contributed by atoms with E-state index in [0.717, 1.165) is 0 Å². The first-order valence-corrected chi connectivity index (χ1v) is 5.37. The Balaban J connectivity index is 3.08. The second kappa shape index (κ2) is 4.99. The molecule has 0 heteroatoms. The summed E-state index contributed by atoms with van der Waals surface area (Å²) in [5.41, 5.74) is 5.75. The van der Waals surface area contributed by atoms with E-state index in [0.29, 0.717) is 0 Å². The van der Waals surface area contributed by atoms with Gasteiger partial charge in [0.2, 0.25) is 0 Å². The Morgan fingerprint density at radius 3 is 2.50 bits per heavy atom. The summed E-state index contributed by atoms with van der Waals surface area (Å²) < 4.78 is 0. The lowest BCUT2D eigenvalue weighted by atomic mass is 9.88. The molecule has 14 heavy (non-hydrogen) atoms. The van der Waals surface area contributed by atoms with Crippen LogP contribution in [0.1, 0.15) is 40.5 Å². The zero-order valence-electron chi connectivity index (χ0n) is 9.72. The van der Waals surface area contributed by atoms with Crippen molar-refractivity contribution in [2.75, 3.05) is 0 Å².